The standard InChI is InChI=1S/C21H16F2/c1-15-7-9-18(10-8-15)20(21(22)23)19-13-11-17(12-14-19)16-5-3-2-4-6-16/h2-14H,1H3. The molecule has 2 heteroatoms. The van der Waals surface area contributed by atoms with E-state index in [1.807, 2.05) is 61.5 Å². The van der Waals surface area contributed by atoms with Crippen molar-refractivity contribution in [1.29, 1.82) is 0 Å². The summed E-state index contributed by atoms with van der Waals surface area (Å²) in [6.45, 7) is 1.94. The largest absolute Gasteiger partial charge is 0.278 e. The van der Waals surface area contributed by atoms with Crippen molar-refractivity contribution in [3.05, 3.63) is 102 Å². The smallest absolute Gasteiger partial charge is 0.173 e. The van der Waals surface area contributed by atoms with Crippen LogP contribution >= 0.6 is 0 Å². The van der Waals surface area contributed by atoms with Crippen LogP contribution in [0, 0.1) is 6.92 Å². The van der Waals surface area contributed by atoms with Crippen molar-refractivity contribution in [3.8, 4) is 11.1 Å². The average Bonchev–Trinajstić information content (AvgIpc) is 2.58. The van der Waals surface area contributed by atoms with Crippen LogP contribution in [0.2, 0.25) is 0 Å². The molecule has 3 rings (SSSR count). The molecule has 0 amide bonds. The van der Waals surface area contributed by atoms with E-state index >= 15 is 0 Å². The molecule has 0 heterocycles. The lowest BCUT2D eigenvalue weighted by Crippen LogP contribution is -1.90. The van der Waals surface area contributed by atoms with Crippen molar-refractivity contribution >= 4 is 5.57 Å². The van der Waals surface area contributed by atoms with Gasteiger partial charge in [0.25, 0.3) is 6.08 Å². The summed E-state index contributed by atoms with van der Waals surface area (Å²) in [6, 6.07) is 24.3. The Balaban J connectivity index is 1.99. The van der Waals surface area contributed by atoms with Crippen molar-refractivity contribution in [1.82, 2.24) is 0 Å². The minimum atomic E-state index is -1.67. The van der Waals surface area contributed by atoms with Gasteiger partial charge in [-0.1, -0.05) is 84.4 Å². The maximum Gasteiger partial charge on any atom is 0.278 e. The Bertz CT molecular complexity index is 810. The molecule has 3 aromatic carbocycles. The number of rotatable bonds is 3. The van der Waals surface area contributed by atoms with E-state index in [0.717, 1.165) is 16.7 Å². The first kappa shape index (κ1) is 15.2. The van der Waals surface area contributed by atoms with Gasteiger partial charge in [-0.15, -0.1) is 0 Å². The minimum Gasteiger partial charge on any atom is -0.173 e. The van der Waals surface area contributed by atoms with Crippen LogP contribution in [0.5, 0.6) is 0 Å². The van der Waals surface area contributed by atoms with E-state index in [4.69, 9.17) is 0 Å². The van der Waals surface area contributed by atoms with Crippen LogP contribution in [-0.2, 0) is 0 Å². The molecule has 0 saturated carbocycles. The third kappa shape index (κ3) is 3.37. The number of hydrogen-bond donors (Lipinski definition) is 0. The normalized spacial score (nSPS) is 10.4. The lowest BCUT2D eigenvalue weighted by Gasteiger charge is -2.09. The van der Waals surface area contributed by atoms with Crippen molar-refractivity contribution in [2.24, 2.45) is 0 Å². The van der Waals surface area contributed by atoms with Gasteiger partial charge in [0.2, 0.25) is 0 Å². The Morgan fingerprint density at radius 3 is 1.61 bits per heavy atom. The van der Waals surface area contributed by atoms with E-state index in [1.54, 1.807) is 24.3 Å². The summed E-state index contributed by atoms with van der Waals surface area (Å²) in [5.74, 6) is 0. The summed E-state index contributed by atoms with van der Waals surface area (Å²) >= 11 is 0. The molecule has 114 valence electrons. The summed E-state index contributed by atoms with van der Waals surface area (Å²) in [6.07, 6.45) is -1.67. The van der Waals surface area contributed by atoms with Crippen LogP contribution in [0.1, 0.15) is 16.7 Å². The minimum absolute atomic E-state index is 0.00962. The van der Waals surface area contributed by atoms with Gasteiger partial charge in [0.05, 0.1) is 5.57 Å². The summed E-state index contributed by atoms with van der Waals surface area (Å²) in [5, 5.41) is 0. The highest BCUT2D eigenvalue weighted by Gasteiger charge is 2.12. The molecule has 0 unspecified atom stereocenters. The number of hydrogen-bond acceptors (Lipinski definition) is 0. The lowest BCUT2D eigenvalue weighted by atomic mass is 9.96. The van der Waals surface area contributed by atoms with Crippen LogP contribution in [0.15, 0.2) is 84.9 Å². The molecule has 0 aromatic heterocycles. The van der Waals surface area contributed by atoms with Crippen LogP contribution in [0.4, 0.5) is 8.78 Å². The fourth-order valence-electron chi connectivity index (χ4n) is 2.57. The molecule has 0 nitrogen and oxygen atoms in total. The molecule has 0 fully saturated rings. The molecule has 0 atom stereocenters. The fourth-order valence-corrected chi connectivity index (χ4v) is 2.57. The second-order valence-electron chi connectivity index (χ2n) is 5.44. The Hall–Kier alpha value is -2.74. The van der Waals surface area contributed by atoms with E-state index in [9.17, 15) is 8.78 Å². The summed E-state index contributed by atoms with van der Waals surface area (Å²) in [4.78, 5) is 0. The highest BCUT2D eigenvalue weighted by atomic mass is 19.3. The zero-order valence-corrected chi connectivity index (χ0v) is 12.8. The third-order valence-electron chi connectivity index (χ3n) is 3.81. The van der Waals surface area contributed by atoms with Gasteiger partial charge in [0.15, 0.2) is 0 Å². The summed E-state index contributed by atoms with van der Waals surface area (Å²) in [7, 11) is 0. The molecule has 0 N–H and O–H groups in total. The number of aryl methyl sites for hydroxylation is 1. The molecule has 0 bridgehead atoms. The van der Waals surface area contributed by atoms with Crippen LogP contribution < -0.4 is 0 Å². The van der Waals surface area contributed by atoms with Crippen LogP contribution in [0.3, 0.4) is 0 Å². The van der Waals surface area contributed by atoms with Gasteiger partial charge >= 0.3 is 0 Å². The Kier molecular flexibility index (Phi) is 4.33. The predicted molar refractivity (Wildman–Crippen MR) is 91.3 cm³/mol. The molecular weight excluding hydrogens is 290 g/mol. The second kappa shape index (κ2) is 6.57. The molecular formula is C21H16F2. The van der Waals surface area contributed by atoms with E-state index in [0.29, 0.717) is 11.1 Å². The molecule has 23 heavy (non-hydrogen) atoms. The van der Waals surface area contributed by atoms with Gasteiger partial charge in [-0.3, -0.25) is 0 Å². The zero-order chi connectivity index (χ0) is 16.2. The van der Waals surface area contributed by atoms with Gasteiger partial charge in [-0.2, -0.15) is 8.78 Å². The fraction of sp³-hybridized carbons (Fsp3) is 0.0476. The lowest BCUT2D eigenvalue weighted by molar-refractivity contribution is 0.426. The van der Waals surface area contributed by atoms with Gasteiger partial charge in [-0.25, -0.2) is 0 Å². The molecule has 0 spiro atoms. The predicted octanol–water partition coefficient (Wildman–Crippen LogP) is 6.32. The molecule has 0 aliphatic rings. The number of benzene rings is 3. The maximum absolute atomic E-state index is 13.5. The molecule has 0 aliphatic heterocycles. The first-order chi connectivity index (χ1) is 11.1. The highest BCUT2D eigenvalue weighted by Crippen LogP contribution is 2.30. The Labute approximate surface area is 134 Å². The molecule has 3 aromatic rings. The molecule has 0 radical (unpaired) electrons. The zero-order valence-electron chi connectivity index (χ0n) is 12.8. The number of halogens is 2. The van der Waals surface area contributed by atoms with E-state index in [-0.39, 0.29) is 5.57 Å². The quantitative estimate of drug-likeness (QED) is 0.531. The van der Waals surface area contributed by atoms with Crippen molar-refractivity contribution in [2.75, 3.05) is 0 Å². The summed E-state index contributed by atoms with van der Waals surface area (Å²) < 4.78 is 26.9. The van der Waals surface area contributed by atoms with E-state index in [2.05, 4.69) is 0 Å². The molecule has 0 saturated heterocycles. The maximum atomic E-state index is 13.5. The van der Waals surface area contributed by atoms with Crippen LogP contribution in [0.25, 0.3) is 16.7 Å². The highest BCUT2D eigenvalue weighted by molar-refractivity contribution is 5.81. The van der Waals surface area contributed by atoms with E-state index < -0.39 is 6.08 Å². The topological polar surface area (TPSA) is 0 Å². The van der Waals surface area contributed by atoms with Gasteiger partial charge < -0.3 is 0 Å². The van der Waals surface area contributed by atoms with Crippen molar-refractivity contribution in [2.45, 2.75) is 6.92 Å². The third-order valence-corrected chi connectivity index (χ3v) is 3.81. The van der Waals surface area contributed by atoms with Gasteiger partial charge in [0, 0.05) is 0 Å². The van der Waals surface area contributed by atoms with Gasteiger partial charge in [0.1, 0.15) is 0 Å². The Morgan fingerprint density at radius 1 is 0.609 bits per heavy atom. The van der Waals surface area contributed by atoms with Crippen LogP contribution in [-0.4, -0.2) is 0 Å². The monoisotopic (exact) mass is 306 g/mol. The van der Waals surface area contributed by atoms with Crippen molar-refractivity contribution < 1.29 is 8.78 Å². The SMILES string of the molecule is Cc1ccc(C(=C(F)F)c2ccc(-c3ccccc3)cc2)cc1. The average molecular weight is 306 g/mol. The summed E-state index contributed by atoms with van der Waals surface area (Å²) in [5.41, 5.74) is 4.17. The Morgan fingerprint density at radius 2 is 1.09 bits per heavy atom. The second-order valence-corrected chi connectivity index (χ2v) is 5.44. The van der Waals surface area contributed by atoms with Crippen molar-refractivity contribution in [3.63, 3.8) is 0 Å². The first-order valence-corrected chi connectivity index (χ1v) is 7.43. The molecule has 0 aliphatic carbocycles. The first-order valence-electron chi connectivity index (χ1n) is 7.43. The van der Waals surface area contributed by atoms with Gasteiger partial charge in [-0.05, 0) is 29.2 Å². The van der Waals surface area contributed by atoms with E-state index in [1.165, 1.54) is 0 Å².